The summed E-state index contributed by atoms with van der Waals surface area (Å²) in [5, 5.41) is 0.903. The first kappa shape index (κ1) is 8.09. The van der Waals surface area contributed by atoms with E-state index >= 15 is 0 Å². The van der Waals surface area contributed by atoms with Crippen LogP contribution in [-0.4, -0.2) is 11.4 Å². The molecule has 0 saturated carbocycles. The molecule has 1 aliphatic heterocycles. The van der Waals surface area contributed by atoms with Gasteiger partial charge in [0.1, 0.15) is 0 Å². The van der Waals surface area contributed by atoms with E-state index in [2.05, 4.69) is 18.0 Å². The number of hydrogen-bond acceptors (Lipinski definition) is 1. The van der Waals surface area contributed by atoms with Gasteiger partial charge in [0.05, 0.1) is 0 Å². The summed E-state index contributed by atoms with van der Waals surface area (Å²) in [5.41, 5.74) is 2.63. The van der Waals surface area contributed by atoms with Crippen molar-refractivity contribution >= 4 is 11.6 Å². The van der Waals surface area contributed by atoms with E-state index < -0.39 is 0 Å². The maximum atomic E-state index is 6.05. The first-order valence-electron chi connectivity index (χ1n) is 4.09. The second kappa shape index (κ2) is 3.08. The molecule has 0 aromatic heterocycles. The van der Waals surface area contributed by atoms with Crippen LogP contribution in [0.1, 0.15) is 11.1 Å². The molecule has 0 radical (unpaired) electrons. The standard InChI is InChI=1S/C10H11ClN/c1-12-6-5-9-8(7-12)3-2-4-10(9)11/h2-4H,1,5-7H2/q-1. The molecule has 0 spiro atoms. The van der Waals surface area contributed by atoms with E-state index in [1.165, 1.54) is 11.1 Å². The predicted octanol–water partition coefficient (Wildman–Crippen LogP) is 2.49. The van der Waals surface area contributed by atoms with Crippen LogP contribution < -0.4 is 0 Å². The minimum atomic E-state index is 0.903. The van der Waals surface area contributed by atoms with Gasteiger partial charge in [-0.05, 0) is 36.7 Å². The van der Waals surface area contributed by atoms with E-state index in [-0.39, 0.29) is 0 Å². The molecular weight excluding hydrogens is 170 g/mol. The highest BCUT2D eigenvalue weighted by molar-refractivity contribution is 6.31. The van der Waals surface area contributed by atoms with Crippen LogP contribution in [-0.2, 0) is 13.0 Å². The molecule has 1 aromatic carbocycles. The van der Waals surface area contributed by atoms with Gasteiger partial charge in [0.2, 0.25) is 0 Å². The van der Waals surface area contributed by atoms with Gasteiger partial charge in [-0.1, -0.05) is 23.7 Å². The normalized spacial score (nSPS) is 17.5. The maximum Gasteiger partial charge on any atom is 0.0441 e. The van der Waals surface area contributed by atoms with E-state index in [1.807, 2.05) is 12.1 Å². The number of rotatable bonds is 0. The molecule has 0 amide bonds. The van der Waals surface area contributed by atoms with Crippen molar-refractivity contribution < 1.29 is 0 Å². The molecule has 0 bridgehead atoms. The molecule has 0 saturated heterocycles. The Morgan fingerprint density at radius 3 is 3.08 bits per heavy atom. The highest BCUT2D eigenvalue weighted by atomic mass is 35.5. The highest BCUT2D eigenvalue weighted by Gasteiger charge is 2.11. The summed E-state index contributed by atoms with van der Waals surface area (Å²) in [6.45, 7) is 1.94. The van der Waals surface area contributed by atoms with Crippen molar-refractivity contribution in [2.45, 2.75) is 13.0 Å². The largest absolute Gasteiger partial charge is 0.455 e. The fourth-order valence-corrected chi connectivity index (χ4v) is 1.91. The lowest BCUT2D eigenvalue weighted by atomic mass is 10.0. The molecule has 1 heterocycles. The summed E-state index contributed by atoms with van der Waals surface area (Å²) in [5.74, 6) is 0. The van der Waals surface area contributed by atoms with Crippen molar-refractivity contribution in [3.05, 3.63) is 41.4 Å². The first-order chi connectivity index (χ1) is 5.77. The van der Waals surface area contributed by atoms with Crippen LogP contribution in [0.5, 0.6) is 0 Å². The number of nitrogens with zero attached hydrogens (tertiary/aromatic N) is 1. The summed E-state index contributed by atoms with van der Waals surface area (Å²) in [6.07, 6.45) is 1.03. The summed E-state index contributed by atoms with van der Waals surface area (Å²) < 4.78 is 0. The van der Waals surface area contributed by atoms with Crippen LogP contribution in [0.15, 0.2) is 18.2 Å². The molecule has 2 heteroatoms. The lowest BCUT2D eigenvalue weighted by molar-refractivity contribution is 0.347. The molecule has 0 N–H and O–H groups in total. The van der Waals surface area contributed by atoms with Gasteiger partial charge < -0.3 is 4.90 Å². The fraction of sp³-hybridized carbons (Fsp3) is 0.300. The van der Waals surface area contributed by atoms with E-state index in [0.717, 1.165) is 24.5 Å². The minimum Gasteiger partial charge on any atom is -0.455 e. The zero-order valence-electron chi connectivity index (χ0n) is 6.89. The second-order valence-corrected chi connectivity index (χ2v) is 3.59. The van der Waals surface area contributed by atoms with Crippen LogP contribution >= 0.6 is 11.6 Å². The molecule has 12 heavy (non-hydrogen) atoms. The molecule has 64 valence electrons. The van der Waals surface area contributed by atoms with Crippen LogP contribution in [0.25, 0.3) is 0 Å². The quantitative estimate of drug-likeness (QED) is 0.555. The molecule has 0 atom stereocenters. The Bertz CT molecular complexity index is 296. The Hall–Kier alpha value is -0.530. The molecule has 1 nitrogen and oxygen atoms in total. The van der Waals surface area contributed by atoms with Gasteiger partial charge in [-0.15, -0.1) is 0 Å². The summed E-state index contributed by atoms with van der Waals surface area (Å²) in [6, 6.07) is 6.08. The highest BCUT2D eigenvalue weighted by Crippen LogP contribution is 2.25. The van der Waals surface area contributed by atoms with Crippen LogP contribution in [0.3, 0.4) is 0 Å². The Kier molecular flexibility index (Phi) is 2.07. The van der Waals surface area contributed by atoms with Gasteiger partial charge in [0, 0.05) is 5.02 Å². The van der Waals surface area contributed by atoms with E-state index in [1.54, 1.807) is 0 Å². The zero-order chi connectivity index (χ0) is 8.55. The maximum absolute atomic E-state index is 6.05. The summed E-state index contributed by atoms with van der Waals surface area (Å²) >= 11 is 6.05. The lowest BCUT2D eigenvalue weighted by Gasteiger charge is -2.31. The number of hydrogen-bond donors (Lipinski definition) is 0. The number of benzene rings is 1. The number of fused-ring (bicyclic) bond motifs is 1. The average Bonchev–Trinajstić information content (AvgIpc) is 2.04. The second-order valence-electron chi connectivity index (χ2n) is 3.18. The van der Waals surface area contributed by atoms with Crippen LogP contribution in [0.4, 0.5) is 0 Å². The van der Waals surface area contributed by atoms with Crippen molar-refractivity contribution in [1.82, 2.24) is 4.90 Å². The first-order valence-corrected chi connectivity index (χ1v) is 4.47. The summed E-state index contributed by atoms with van der Waals surface area (Å²) in [4.78, 5) is 2.07. The molecule has 1 aromatic rings. The van der Waals surface area contributed by atoms with Gasteiger partial charge in [-0.25, -0.2) is 0 Å². The third-order valence-corrected chi connectivity index (χ3v) is 2.64. The minimum absolute atomic E-state index is 0.903. The Morgan fingerprint density at radius 1 is 1.42 bits per heavy atom. The molecular formula is C10H11ClN-. The van der Waals surface area contributed by atoms with Crippen molar-refractivity contribution in [3.63, 3.8) is 0 Å². The van der Waals surface area contributed by atoms with Crippen molar-refractivity contribution in [2.24, 2.45) is 0 Å². The third kappa shape index (κ3) is 1.35. The smallest absolute Gasteiger partial charge is 0.0441 e. The summed E-state index contributed by atoms with van der Waals surface area (Å²) in [7, 11) is 3.92. The van der Waals surface area contributed by atoms with Gasteiger partial charge in [-0.3, -0.25) is 7.05 Å². The molecule has 0 aliphatic carbocycles. The molecule has 2 rings (SSSR count). The third-order valence-electron chi connectivity index (χ3n) is 2.29. The van der Waals surface area contributed by atoms with E-state index in [0.29, 0.717) is 0 Å². The van der Waals surface area contributed by atoms with Gasteiger partial charge in [0.15, 0.2) is 0 Å². The SMILES string of the molecule is [CH2-]N1CCc2c(Cl)cccc2C1. The van der Waals surface area contributed by atoms with Crippen LogP contribution in [0, 0.1) is 7.05 Å². The van der Waals surface area contributed by atoms with Crippen molar-refractivity contribution in [1.29, 1.82) is 0 Å². The molecule has 0 unspecified atom stereocenters. The Balaban J connectivity index is 2.42. The Labute approximate surface area is 77.9 Å². The van der Waals surface area contributed by atoms with Crippen molar-refractivity contribution in [2.75, 3.05) is 6.54 Å². The van der Waals surface area contributed by atoms with Gasteiger partial charge in [-0.2, -0.15) is 0 Å². The Morgan fingerprint density at radius 2 is 2.25 bits per heavy atom. The number of halogens is 1. The van der Waals surface area contributed by atoms with Crippen LogP contribution in [0.2, 0.25) is 5.02 Å². The average molecular weight is 181 g/mol. The van der Waals surface area contributed by atoms with E-state index in [9.17, 15) is 0 Å². The topological polar surface area (TPSA) is 3.24 Å². The lowest BCUT2D eigenvalue weighted by Crippen LogP contribution is -2.24. The fourth-order valence-electron chi connectivity index (χ4n) is 1.62. The van der Waals surface area contributed by atoms with Gasteiger partial charge >= 0.3 is 0 Å². The predicted molar refractivity (Wildman–Crippen MR) is 50.9 cm³/mol. The molecule has 0 fully saturated rings. The van der Waals surface area contributed by atoms with Gasteiger partial charge in [0.25, 0.3) is 0 Å². The zero-order valence-corrected chi connectivity index (χ0v) is 7.64. The monoisotopic (exact) mass is 180 g/mol. The molecule has 1 aliphatic rings. The van der Waals surface area contributed by atoms with E-state index in [4.69, 9.17) is 11.6 Å². The van der Waals surface area contributed by atoms with Crippen molar-refractivity contribution in [3.8, 4) is 0 Å².